The summed E-state index contributed by atoms with van der Waals surface area (Å²) >= 11 is 6.23. The van der Waals surface area contributed by atoms with E-state index in [4.69, 9.17) is 11.6 Å². The van der Waals surface area contributed by atoms with Crippen LogP contribution in [0.25, 0.3) is 0 Å². The molecule has 22 heavy (non-hydrogen) atoms. The first-order chi connectivity index (χ1) is 10.6. The summed E-state index contributed by atoms with van der Waals surface area (Å²) in [5.41, 5.74) is 2.66. The number of carbonyl (C=O) groups is 1. The normalized spacial score (nSPS) is 26.7. The van der Waals surface area contributed by atoms with Gasteiger partial charge < -0.3 is 0 Å². The molecule has 112 valence electrons. The number of fused-ring (bicyclic) bond motifs is 2. The first kappa shape index (κ1) is 13.8. The minimum absolute atomic E-state index is 0.209. The molecule has 3 heteroatoms. The van der Waals surface area contributed by atoms with Crippen molar-refractivity contribution in [1.82, 2.24) is 0 Å². The summed E-state index contributed by atoms with van der Waals surface area (Å²) in [6.07, 6.45) is 2.94. The van der Waals surface area contributed by atoms with Gasteiger partial charge in [0.25, 0.3) is 0 Å². The van der Waals surface area contributed by atoms with Gasteiger partial charge in [-0.3, -0.25) is 9.69 Å². The van der Waals surface area contributed by atoms with E-state index in [9.17, 15) is 4.79 Å². The van der Waals surface area contributed by atoms with Gasteiger partial charge in [0.2, 0.25) is 5.91 Å². The van der Waals surface area contributed by atoms with Crippen LogP contribution in [0.5, 0.6) is 0 Å². The lowest BCUT2D eigenvalue weighted by molar-refractivity contribution is -0.122. The van der Waals surface area contributed by atoms with E-state index in [1.54, 1.807) is 0 Å². The van der Waals surface area contributed by atoms with Gasteiger partial charge in [0.15, 0.2) is 0 Å². The molecule has 2 aromatic carbocycles. The molecule has 4 rings (SSSR count). The quantitative estimate of drug-likeness (QED) is 0.719. The molecule has 0 radical (unpaired) electrons. The molecule has 0 bridgehead atoms. The highest BCUT2D eigenvalue weighted by Gasteiger charge is 2.54. The third kappa shape index (κ3) is 1.83. The van der Waals surface area contributed by atoms with Crippen molar-refractivity contribution < 1.29 is 4.79 Å². The van der Waals surface area contributed by atoms with Crippen LogP contribution >= 0.6 is 11.6 Å². The molecule has 1 spiro atoms. The van der Waals surface area contributed by atoms with Crippen molar-refractivity contribution in [2.24, 2.45) is 5.92 Å². The molecule has 0 saturated heterocycles. The average molecular weight is 312 g/mol. The zero-order chi connectivity index (χ0) is 15.3. The highest BCUT2D eigenvalue weighted by molar-refractivity contribution is 6.31. The Labute approximate surface area is 135 Å². The standard InChI is InChI=1S/C19H18ClNO/c1-13-9-10-19(12-13)16-11-14(20)7-8-17(16)21(18(19)22)15-5-3-2-4-6-15/h2-8,11,13H,9-10,12H2,1H3/t13-,19+/m0/s1. The fourth-order valence-electron chi connectivity index (χ4n) is 4.09. The van der Waals surface area contributed by atoms with Crippen molar-refractivity contribution in [2.75, 3.05) is 4.90 Å². The van der Waals surface area contributed by atoms with E-state index in [0.29, 0.717) is 10.9 Å². The molecular weight excluding hydrogens is 294 g/mol. The predicted octanol–water partition coefficient (Wildman–Crippen LogP) is 5.08. The summed E-state index contributed by atoms with van der Waals surface area (Å²) in [5.74, 6) is 0.784. The molecule has 2 aromatic rings. The molecular formula is C19H18ClNO. The lowest BCUT2D eigenvalue weighted by atomic mass is 9.79. The SMILES string of the molecule is C[C@H]1CC[C@]2(C1)C(=O)N(c1ccccc1)c1ccc(Cl)cc12. The van der Waals surface area contributed by atoms with Crippen LogP contribution in [-0.2, 0) is 10.2 Å². The van der Waals surface area contributed by atoms with Crippen LogP contribution in [0.3, 0.4) is 0 Å². The van der Waals surface area contributed by atoms with Gasteiger partial charge >= 0.3 is 0 Å². The average Bonchev–Trinajstić information content (AvgIpc) is 3.02. The van der Waals surface area contributed by atoms with Gasteiger partial charge in [0, 0.05) is 10.7 Å². The van der Waals surface area contributed by atoms with Crippen molar-refractivity contribution in [3.05, 3.63) is 59.1 Å². The number of carbonyl (C=O) groups excluding carboxylic acids is 1. The van der Waals surface area contributed by atoms with E-state index in [1.807, 2.05) is 53.4 Å². The Bertz CT molecular complexity index is 742. The Morgan fingerprint density at radius 2 is 1.95 bits per heavy atom. The molecule has 1 fully saturated rings. The van der Waals surface area contributed by atoms with Crippen molar-refractivity contribution in [3.8, 4) is 0 Å². The third-order valence-corrected chi connectivity index (χ3v) is 5.34. The van der Waals surface area contributed by atoms with E-state index < -0.39 is 0 Å². The zero-order valence-electron chi connectivity index (χ0n) is 12.6. The van der Waals surface area contributed by atoms with E-state index in [-0.39, 0.29) is 11.3 Å². The first-order valence-corrected chi connectivity index (χ1v) is 8.19. The molecule has 1 heterocycles. The van der Waals surface area contributed by atoms with Gasteiger partial charge in [-0.2, -0.15) is 0 Å². The smallest absolute Gasteiger partial charge is 0.242 e. The van der Waals surface area contributed by atoms with Gasteiger partial charge in [-0.05, 0) is 61.1 Å². The molecule has 0 aromatic heterocycles. The Morgan fingerprint density at radius 3 is 2.64 bits per heavy atom. The summed E-state index contributed by atoms with van der Waals surface area (Å²) in [6, 6.07) is 15.8. The Kier molecular flexibility index (Phi) is 3.05. The fraction of sp³-hybridized carbons (Fsp3) is 0.316. The van der Waals surface area contributed by atoms with Crippen LogP contribution < -0.4 is 4.90 Å². The summed E-state index contributed by atoms with van der Waals surface area (Å²) in [7, 11) is 0. The number of para-hydroxylation sites is 1. The number of rotatable bonds is 1. The second-order valence-electron chi connectivity index (χ2n) is 6.57. The lowest BCUT2D eigenvalue weighted by Crippen LogP contribution is -2.36. The van der Waals surface area contributed by atoms with Gasteiger partial charge in [-0.25, -0.2) is 0 Å². The highest BCUT2D eigenvalue weighted by atomic mass is 35.5. The molecule has 0 N–H and O–H groups in total. The maximum atomic E-state index is 13.3. The fourth-order valence-corrected chi connectivity index (χ4v) is 4.26. The maximum absolute atomic E-state index is 13.3. The van der Waals surface area contributed by atoms with E-state index in [1.165, 1.54) is 0 Å². The maximum Gasteiger partial charge on any atom is 0.242 e. The minimum atomic E-state index is -0.379. The van der Waals surface area contributed by atoms with Gasteiger partial charge in [-0.15, -0.1) is 0 Å². The number of anilines is 2. The lowest BCUT2D eigenvalue weighted by Gasteiger charge is -2.24. The highest BCUT2D eigenvalue weighted by Crippen LogP contribution is 2.55. The van der Waals surface area contributed by atoms with Crippen LogP contribution in [-0.4, -0.2) is 5.91 Å². The molecule has 0 unspecified atom stereocenters. The van der Waals surface area contributed by atoms with Crippen molar-refractivity contribution in [1.29, 1.82) is 0 Å². The monoisotopic (exact) mass is 311 g/mol. The van der Waals surface area contributed by atoms with Crippen LogP contribution in [0, 0.1) is 5.92 Å². The number of halogens is 1. The predicted molar refractivity (Wildman–Crippen MR) is 89.7 cm³/mol. The largest absolute Gasteiger partial charge is 0.280 e. The summed E-state index contributed by atoms with van der Waals surface area (Å²) < 4.78 is 0. The van der Waals surface area contributed by atoms with E-state index >= 15 is 0 Å². The van der Waals surface area contributed by atoms with E-state index in [0.717, 1.165) is 36.2 Å². The minimum Gasteiger partial charge on any atom is -0.280 e. The van der Waals surface area contributed by atoms with Crippen LogP contribution in [0.2, 0.25) is 5.02 Å². The topological polar surface area (TPSA) is 20.3 Å². The first-order valence-electron chi connectivity index (χ1n) is 7.81. The van der Waals surface area contributed by atoms with E-state index in [2.05, 4.69) is 6.92 Å². The van der Waals surface area contributed by atoms with Crippen molar-refractivity contribution in [2.45, 2.75) is 31.6 Å². The van der Waals surface area contributed by atoms with Crippen molar-refractivity contribution in [3.63, 3.8) is 0 Å². The summed E-state index contributed by atoms with van der Waals surface area (Å²) in [5, 5.41) is 0.709. The second kappa shape index (κ2) is 4.85. The van der Waals surface area contributed by atoms with Crippen LogP contribution in [0.1, 0.15) is 31.7 Å². The third-order valence-electron chi connectivity index (χ3n) is 5.10. The van der Waals surface area contributed by atoms with Gasteiger partial charge in [0.05, 0.1) is 11.1 Å². The van der Waals surface area contributed by atoms with Crippen molar-refractivity contribution >= 4 is 28.9 Å². The zero-order valence-corrected chi connectivity index (χ0v) is 13.3. The molecule has 1 aliphatic carbocycles. The van der Waals surface area contributed by atoms with Crippen LogP contribution in [0.4, 0.5) is 11.4 Å². The van der Waals surface area contributed by atoms with Gasteiger partial charge in [0.1, 0.15) is 0 Å². The summed E-state index contributed by atoms with van der Waals surface area (Å²) in [4.78, 5) is 15.2. The molecule has 1 saturated carbocycles. The Hall–Kier alpha value is -1.80. The number of amides is 1. The number of hydrogen-bond acceptors (Lipinski definition) is 1. The van der Waals surface area contributed by atoms with Crippen LogP contribution in [0.15, 0.2) is 48.5 Å². The van der Waals surface area contributed by atoms with Gasteiger partial charge in [-0.1, -0.05) is 36.7 Å². The molecule has 2 nitrogen and oxygen atoms in total. The number of benzene rings is 2. The Balaban J connectivity index is 1.92. The Morgan fingerprint density at radius 1 is 1.18 bits per heavy atom. The number of hydrogen-bond donors (Lipinski definition) is 0. The second-order valence-corrected chi connectivity index (χ2v) is 7.00. The number of nitrogens with zero attached hydrogens (tertiary/aromatic N) is 1. The summed E-state index contributed by atoms with van der Waals surface area (Å²) in [6.45, 7) is 2.23. The molecule has 2 aliphatic rings. The molecule has 1 aliphatic heterocycles. The molecule has 1 amide bonds. The molecule has 2 atom stereocenters.